The molecule has 0 unspecified atom stereocenters. The summed E-state index contributed by atoms with van der Waals surface area (Å²) in [5.41, 5.74) is 8.57. The van der Waals surface area contributed by atoms with Crippen LogP contribution in [-0.2, 0) is 6.54 Å². The van der Waals surface area contributed by atoms with Gasteiger partial charge in [0.2, 0.25) is 0 Å². The molecule has 0 amide bonds. The van der Waals surface area contributed by atoms with Gasteiger partial charge in [-0.15, -0.1) is 11.3 Å². The van der Waals surface area contributed by atoms with Crippen LogP contribution in [0, 0.1) is 6.92 Å². The van der Waals surface area contributed by atoms with Gasteiger partial charge < -0.3 is 5.73 Å². The van der Waals surface area contributed by atoms with Crippen LogP contribution in [0.5, 0.6) is 0 Å². The molecule has 0 saturated carbocycles. The van der Waals surface area contributed by atoms with Crippen molar-refractivity contribution in [3.63, 3.8) is 0 Å². The lowest BCUT2D eigenvalue weighted by molar-refractivity contribution is 0.667. The first kappa shape index (κ1) is 9.55. The van der Waals surface area contributed by atoms with Crippen LogP contribution >= 0.6 is 22.9 Å². The summed E-state index contributed by atoms with van der Waals surface area (Å²) in [4.78, 5) is 0. The zero-order valence-corrected chi connectivity index (χ0v) is 9.27. The van der Waals surface area contributed by atoms with Crippen molar-refractivity contribution in [1.29, 1.82) is 0 Å². The summed E-state index contributed by atoms with van der Waals surface area (Å²) in [5.74, 6) is 0. The summed E-state index contributed by atoms with van der Waals surface area (Å²) in [6.45, 7) is 2.68. The number of nitrogen functional groups attached to an aromatic ring is 1. The maximum Gasteiger partial charge on any atom is 0.0931 e. The van der Waals surface area contributed by atoms with E-state index in [4.69, 9.17) is 17.3 Å². The van der Waals surface area contributed by atoms with Crippen LogP contribution in [0.4, 0.5) is 5.69 Å². The van der Waals surface area contributed by atoms with E-state index in [1.54, 1.807) is 6.20 Å². The second-order valence-corrected chi connectivity index (χ2v) is 4.64. The monoisotopic (exact) mass is 227 g/mol. The normalized spacial score (nSPS) is 10.7. The van der Waals surface area contributed by atoms with Crippen LogP contribution in [0.25, 0.3) is 0 Å². The van der Waals surface area contributed by atoms with Gasteiger partial charge in [-0.25, -0.2) is 0 Å². The minimum atomic E-state index is 0.728. The molecule has 2 heterocycles. The van der Waals surface area contributed by atoms with Crippen molar-refractivity contribution in [3.05, 3.63) is 33.2 Å². The smallest absolute Gasteiger partial charge is 0.0931 e. The van der Waals surface area contributed by atoms with Crippen molar-refractivity contribution < 1.29 is 0 Å². The van der Waals surface area contributed by atoms with Gasteiger partial charge in [0.25, 0.3) is 0 Å². The van der Waals surface area contributed by atoms with E-state index in [9.17, 15) is 0 Å². The average Bonchev–Trinajstić information content (AvgIpc) is 2.67. The molecule has 2 aromatic rings. The zero-order valence-electron chi connectivity index (χ0n) is 7.70. The highest BCUT2D eigenvalue weighted by molar-refractivity contribution is 7.14. The van der Waals surface area contributed by atoms with Crippen molar-refractivity contribution in [2.45, 2.75) is 13.5 Å². The predicted octanol–water partition coefficient (Wildman–Crippen LogP) is 2.54. The molecular formula is C9H10ClN3S. The van der Waals surface area contributed by atoms with E-state index in [-0.39, 0.29) is 0 Å². The molecule has 2 rings (SSSR count). The number of aromatic nitrogens is 2. The lowest BCUT2D eigenvalue weighted by atomic mass is 10.3. The fourth-order valence-corrected chi connectivity index (χ4v) is 2.12. The molecule has 0 radical (unpaired) electrons. The third-order valence-corrected chi connectivity index (χ3v) is 3.24. The first-order valence-electron chi connectivity index (χ1n) is 4.17. The number of anilines is 1. The Hall–Kier alpha value is -1.00. The van der Waals surface area contributed by atoms with Gasteiger partial charge in [0.15, 0.2) is 0 Å². The zero-order chi connectivity index (χ0) is 10.1. The molecule has 2 aromatic heterocycles. The van der Waals surface area contributed by atoms with Crippen molar-refractivity contribution in [2.24, 2.45) is 0 Å². The molecule has 0 spiro atoms. The van der Waals surface area contributed by atoms with Crippen molar-refractivity contribution in [1.82, 2.24) is 9.78 Å². The Morgan fingerprint density at radius 2 is 2.43 bits per heavy atom. The minimum Gasteiger partial charge on any atom is -0.396 e. The standard InChI is InChI=1S/C9H10ClN3S/c1-6-8(11)3-12-13(6)4-7-2-9(10)14-5-7/h2-3,5H,4,11H2,1H3. The minimum absolute atomic E-state index is 0.728. The lowest BCUT2D eigenvalue weighted by Gasteiger charge is -2.01. The number of thiophene rings is 1. The summed E-state index contributed by atoms with van der Waals surface area (Å²) in [5, 5.41) is 6.20. The van der Waals surface area contributed by atoms with E-state index in [0.29, 0.717) is 0 Å². The highest BCUT2D eigenvalue weighted by Gasteiger charge is 2.04. The molecule has 2 N–H and O–H groups in total. The van der Waals surface area contributed by atoms with E-state index in [1.165, 1.54) is 11.3 Å². The molecule has 0 saturated heterocycles. The molecule has 0 aliphatic rings. The Balaban J connectivity index is 2.22. The Labute approximate surface area is 91.1 Å². The molecule has 5 heteroatoms. The molecule has 0 aliphatic heterocycles. The molecule has 74 valence electrons. The first-order valence-corrected chi connectivity index (χ1v) is 5.43. The Kier molecular flexibility index (Phi) is 2.48. The van der Waals surface area contributed by atoms with Gasteiger partial charge in [-0.05, 0) is 23.9 Å². The fourth-order valence-electron chi connectivity index (χ4n) is 1.22. The number of halogens is 1. The van der Waals surface area contributed by atoms with Crippen molar-refractivity contribution in [2.75, 3.05) is 5.73 Å². The number of nitrogens with two attached hydrogens (primary N) is 1. The highest BCUT2D eigenvalue weighted by atomic mass is 35.5. The van der Waals surface area contributed by atoms with Crippen LogP contribution < -0.4 is 5.73 Å². The number of hydrogen-bond acceptors (Lipinski definition) is 3. The number of hydrogen-bond donors (Lipinski definition) is 1. The quantitative estimate of drug-likeness (QED) is 0.857. The summed E-state index contributed by atoms with van der Waals surface area (Å²) in [7, 11) is 0. The largest absolute Gasteiger partial charge is 0.396 e. The van der Waals surface area contributed by atoms with Gasteiger partial charge in [-0.3, -0.25) is 4.68 Å². The van der Waals surface area contributed by atoms with Crippen LogP contribution in [0.15, 0.2) is 17.6 Å². The van der Waals surface area contributed by atoms with Crippen LogP contribution in [-0.4, -0.2) is 9.78 Å². The maximum atomic E-state index is 5.84. The SMILES string of the molecule is Cc1c(N)cnn1Cc1csc(Cl)c1. The van der Waals surface area contributed by atoms with E-state index in [2.05, 4.69) is 5.10 Å². The third-order valence-electron chi connectivity index (χ3n) is 2.10. The summed E-state index contributed by atoms with van der Waals surface area (Å²) >= 11 is 7.37. The van der Waals surface area contributed by atoms with Crippen LogP contribution in [0.3, 0.4) is 0 Å². The summed E-state index contributed by atoms with van der Waals surface area (Å²) in [6, 6.07) is 1.95. The molecule has 0 aromatic carbocycles. The second kappa shape index (κ2) is 3.63. The maximum absolute atomic E-state index is 5.84. The Bertz CT molecular complexity index is 447. The van der Waals surface area contributed by atoms with Gasteiger partial charge in [0, 0.05) is 0 Å². The topological polar surface area (TPSA) is 43.8 Å². The van der Waals surface area contributed by atoms with Gasteiger partial charge in [0.1, 0.15) is 0 Å². The molecular weight excluding hydrogens is 218 g/mol. The van der Waals surface area contributed by atoms with Crippen LogP contribution in [0.2, 0.25) is 4.34 Å². The van der Waals surface area contributed by atoms with Gasteiger partial charge in [0.05, 0.1) is 28.5 Å². The first-order chi connectivity index (χ1) is 6.66. The number of rotatable bonds is 2. The van der Waals surface area contributed by atoms with E-state index in [0.717, 1.165) is 27.8 Å². The molecule has 0 atom stereocenters. The Morgan fingerprint density at radius 1 is 1.64 bits per heavy atom. The van der Waals surface area contributed by atoms with E-state index >= 15 is 0 Å². The van der Waals surface area contributed by atoms with Crippen molar-refractivity contribution in [3.8, 4) is 0 Å². The molecule has 0 fully saturated rings. The number of nitrogens with zero attached hydrogens (tertiary/aromatic N) is 2. The molecule has 14 heavy (non-hydrogen) atoms. The third kappa shape index (κ3) is 1.76. The molecule has 3 nitrogen and oxygen atoms in total. The van der Waals surface area contributed by atoms with Crippen LogP contribution in [0.1, 0.15) is 11.3 Å². The Morgan fingerprint density at radius 3 is 2.93 bits per heavy atom. The highest BCUT2D eigenvalue weighted by Crippen LogP contribution is 2.21. The molecule has 0 aliphatic carbocycles. The predicted molar refractivity (Wildman–Crippen MR) is 59.8 cm³/mol. The summed E-state index contributed by atoms with van der Waals surface area (Å²) in [6.07, 6.45) is 1.67. The average molecular weight is 228 g/mol. The van der Waals surface area contributed by atoms with Gasteiger partial charge >= 0.3 is 0 Å². The second-order valence-electron chi connectivity index (χ2n) is 3.10. The van der Waals surface area contributed by atoms with E-state index < -0.39 is 0 Å². The van der Waals surface area contributed by atoms with Gasteiger partial charge in [-0.2, -0.15) is 5.10 Å². The lowest BCUT2D eigenvalue weighted by Crippen LogP contribution is -2.03. The van der Waals surface area contributed by atoms with E-state index in [1.807, 2.05) is 23.1 Å². The summed E-state index contributed by atoms with van der Waals surface area (Å²) < 4.78 is 2.67. The van der Waals surface area contributed by atoms with Crippen molar-refractivity contribution >= 4 is 28.6 Å². The fraction of sp³-hybridized carbons (Fsp3) is 0.222. The molecule has 0 bridgehead atoms. The van der Waals surface area contributed by atoms with Gasteiger partial charge in [-0.1, -0.05) is 11.6 Å².